The molecule has 1 rings (SSSR count). The van der Waals surface area contributed by atoms with Gasteiger partial charge in [0.2, 0.25) is 0 Å². The number of benzene rings is 1. The molecule has 0 aromatic heterocycles. The van der Waals surface area contributed by atoms with Crippen LogP contribution in [0.5, 0.6) is 0 Å². The quantitative estimate of drug-likeness (QED) is 0.860. The van der Waals surface area contributed by atoms with Crippen LogP contribution in [0.3, 0.4) is 0 Å². The van der Waals surface area contributed by atoms with E-state index >= 15 is 0 Å². The number of carboxylic acids is 1. The van der Waals surface area contributed by atoms with Crippen LogP contribution in [0.1, 0.15) is 10.4 Å². The van der Waals surface area contributed by atoms with Gasteiger partial charge in [0.15, 0.2) is 9.84 Å². The van der Waals surface area contributed by atoms with Crippen LogP contribution in [-0.2, 0) is 9.84 Å². The fraction of sp³-hybridized carbons (Fsp3) is 0.100. The Morgan fingerprint density at radius 1 is 1.50 bits per heavy atom. The second kappa shape index (κ2) is 4.68. The summed E-state index contributed by atoms with van der Waals surface area (Å²) in [6.07, 6.45) is 4.92. The van der Waals surface area contributed by atoms with Crippen LogP contribution in [-0.4, -0.2) is 25.2 Å². The van der Waals surface area contributed by atoms with Gasteiger partial charge in [-0.15, -0.1) is 6.42 Å². The minimum Gasteiger partial charge on any atom is -0.478 e. The van der Waals surface area contributed by atoms with Gasteiger partial charge >= 0.3 is 5.97 Å². The number of aromatic carboxylic acids is 1. The summed E-state index contributed by atoms with van der Waals surface area (Å²) in [5.74, 6) is 0.368. The predicted octanol–water partition coefficient (Wildman–Crippen LogP) is 1.55. The van der Waals surface area contributed by atoms with Crippen LogP contribution >= 0.6 is 15.9 Å². The standard InChI is InChI=1S/C10H7BrO4S/c1-2-5-16(14,15)7-3-4-9(11)8(6-7)10(12)13/h1,3-4,6H,5H2,(H,12,13). The molecule has 0 aliphatic heterocycles. The number of rotatable bonds is 3. The first-order valence-corrected chi connectivity index (χ1v) is 6.52. The zero-order chi connectivity index (χ0) is 12.3. The lowest BCUT2D eigenvalue weighted by atomic mass is 10.2. The zero-order valence-corrected chi connectivity index (χ0v) is 10.4. The molecule has 6 heteroatoms. The number of sulfone groups is 1. The van der Waals surface area contributed by atoms with Gasteiger partial charge in [0, 0.05) is 4.47 Å². The minimum atomic E-state index is -3.60. The second-order valence-electron chi connectivity index (χ2n) is 2.91. The fourth-order valence-electron chi connectivity index (χ4n) is 1.05. The Kier molecular flexibility index (Phi) is 3.73. The molecule has 0 aliphatic rings. The Bertz CT molecular complexity index is 569. The number of halogens is 1. The topological polar surface area (TPSA) is 71.4 Å². The van der Waals surface area contributed by atoms with E-state index in [9.17, 15) is 13.2 Å². The van der Waals surface area contributed by atoms with Crippen molar-refractivity contribution in [3.05, 3.63) is 28.2 Å². The smallest absolute Gasteiger partial charge is 0.336 e. The Hall–Kier alpha value is -1.32. The molecule has 1 N–H and O–H groups in total. The molecule has 0 spiro atoms. The van der Waals surface area contributed by atoms with Crippen LogP contribution in [0.15, 0.2) is 27.6 Å². The van der Waals surface area contributed by atoms with Crippen LogP contribution in [0.25, 0.3) is 0 Å². The highest BCUT2D eigenvalue weighted by molar-refractivity contribution is 9.10. The first-order chi connectivity index (χ1) is 7.38. The normalized spacial score (nSPS) is 10.8. The van der Waals surface area contributed by atoms with Crippen LogP contribution in [0, 0.1) is 12.3 Å². The van der Waals surface area contributed by atoms with Crippen molar-refractivity contribution in [3.8, 4) is 12.3 Å². The molecule has 1 aromatic carbocycles. The van der Waals surface area contributed by atoms with Crippen molar-refractivity contribution >= 4 is 31.7 Å². The van der Waals surface area contributed by atoms with E-state index in [-0.39, 0.29) is 10.5 Å². The monoisotopic (exact) mass is 302 g/mol. The van der Waals surface area contributed by atoms with E-state index in [2.05, 4.69) is 15.9 Å². The van der Waals surface area contributed by atoms with Crippen LogP contribution < -0.4 is 0 Å². The maximum absolute atomic E-state index is 11.6. The van der Waals surface area contributed by atoms with Crippen molar-refractivity contribution in [2.24, 2.45) is 0 Å². The van der Waals surface area contributed by atoms with Gasteiger partial charge < -0.3 is 5.11 Å². The van der Waals surface area contributed by atoms with Crippen molar-refractivity contribution in [1.82, 2.24) is 0 Å². The molecule has 0 atom stereocenters. The summed E-state index contributed by atoms with van der Waals surface area (Å²) >= 11 is 3.02. The fourth-order valence-corrected chi connectivity index (χ4v) is 2.43. The SMILES string of the molecule is C#CCS(=O)(=O)c1ccc(Br)c(C(=O)O)c1. The van der Waals surface area contributed by atoms with Gasteiger partial charge in [-0.05, 0) is 34.1 Å². The van der Waals surface area contributed by atoms with Crippen molar-refractivity contribution in [1.29, 1.82) is 0 Å². The summed E-state index contributed by atoms with van der Waals surface area (Å²) in [6.45, 7) is 0. The molecule has 0 bridgehead atoms. The van der Waals surface area contributed by atoms with Gasteiger partial charge in [0.05, 0.1) is 10.5 Å². The Morgan fingerprint density at radius 3 is 2.62 bits per heavy atom. The summed E-state index contributed by atoms with van der Waals surface area (Å²) in [4.78, 5) is 10.7. The molecule has 0 saturated heterocycles. The van der Waals surface area contributed by atoms with Crippen molar-refractivity contribution in [2.45, 2.75) is 4.90 Å². The molecule has 0 aliphatic carbocycles. The Morgan fingerprint density at radius 2 is 2.12 bits per heavy atom. The lowest BCUT2D eigenvalue weighted by molar-refractivity contribution is 0.0695. The average molecular weight is 303 g/mol. The molecular formula is C10H7BrO4S. The first-order valence-electron chi connectivity index (χ1n) is 4.07. The van der Waals surface area contributed by atoms with E-state index in [4.69, 9.17) is 11.5 Å². The number of hydrogen-bond donors (Lipinski definition) is 1. The van der Waals surface area contributed by atoms with Gasteiger partial charge in [-0.25, -0.2) is 13.2 Å². The van der Waals surface area contributed by atoms with E-state index in [0.717, 1.165) is 6.07 Å². The third-order valence-corrected chi connectivity index (χ3v) is 4.01. The number of hydrogen-bond acceptors (Lipinski definition) is 3. The molecule has 4 nitrogen and oxygen atoms in total. The molecule has 0 radical (unpaired) electrons. The van der Waals surface area contributed by atoms with Crippen molar-refractivity contribution in [2.75, 3.05) is 5.75 Å². The largest absolute Gasteiger partial charge is 0.478 e. The maximum atomic E-state index is 11.6. The van der Waals surface area contributed by atoms with E-state index in [1.54, 1.807) is 0 Å². The van der Waals surface area contributed by atoms with Gasteiger partial charge in [-0.1, -0.05) is 5.92 Å². The van der Waals surface area contributed by atoms with Gasteiger partial charge in [-0.3, -0.25) is 0 Å². The van der Waals surface area contributed by atoms with E-state index in [1.807, 2.05) is 5.92 Å². The number of carbonyl (C=O) groups is 1. The lowest BCUT2D eigenvalue weighted by Gasteiger charge is -2.03. The molecular weight excluding hydrogens is 296 g/mol. The average Bonchev–Trinajstić information content (AvgIpc) is 2.17. The van der Waals surface area contributed by atoms with Crippen LogP contribution in [0.4, 0.5) is 0 Å². The molecule has 0 amide bonds. The van der Waals surface area contributed by atoms with Crippen molar-refractivity contribution in [3.63, 3.8) is 0 Å². The summed E-state index contributed by atoms with van der Waals surface area (Å²) in [6, 6.07) is 3.76. The van der Waals surface area contributed by atoms with E-state index < -0.39 is 21.6 Å². The highest BCUT2D eigenvalue weighted by atomic mass is 79.9. The number of carboxylic acid groups (broad SMARTS) is 1. The molecule has 16 heavy (non-hydrogen) atoms. The second-order valence-corrected chi connectivity index (χ2v) is 5.75. The van der Waals surface area contributed by atoms with Gasteiger partial charge in [-0.2, -0.15) is 0 Å². The lowest BCUT2D eigenvalue weighted by Crippen LogP contribution is -2.07. The molecule has 0 saturated carbocycles. The molecule has 1 aromatic rings. The third kappa shape index (κ3) is 2.62. The van der Waals surface area contributed by atoms with E-state index in [1.165, 1.54) is 12.1 Å². The predicted molar refractivity (Wildman–Crippen MR) is 62.0 cm³/mol. The molecule has 84 valence electrons. The van der Waals surface area contributed by atoms with E-state index in [0.29, 0.717) is 4.47 Å². The maximum Gasteiger partial charge on any atom is 0.336 e. The highest BCUT2D eigenvalue weighted by Gasteiger charge is 2.17. The Balaban J connectivity index is 3.35. The number of terminal acetylenes is 1. The summed E-state index contributed by atoms with van der Waals surface area (Å²) in [5.41, 5.74) is -0.113. The van der Waals surface area contributed by atoms with Crippen molar-refractivity contribution < 1.29 is 18.3 Å². The summed E-state index contributed by atoms with van der Waals surface area (Å²) in [5, 5.41) is 8.82. The molecule has 0 heterocycles. The summed E-state index contributed by atoms with van der Waals surface area (Å²) < 4.78 is 23.5. The van der Waals surface area contributed by atoms with Crippen LogP contribution in [0.2, 0.25) is 0 Å². The first kappa shape index (κ1) is 12.7. The summed E-state index contributed by atoms with van der Waals surface area (Å²) in [7, 11) is -3.60. The molecule has 0 unspecified atom stereocenters. The third-order valence-electron chi connectivity index (χ3n) is 1.80. The Labute approximate surface area is 101 Å². The minimum absolute atomic E-state index is 0.0916. The molecule has 0 fully saturated rings. The van der Waals surface area contributed by atoms with Gasteiger partial charge in [0.1, 0.15) is 5.75 Å². The van der Waals surface area contributed by atoms with Gasteiger partial charge in [0.25, 0.3) is 0 Å². The zero-order valence-electron chi connectivity index (χ0n) is 7.97. The highest BCUT2D eigenvalue weighted by Crippen LogP contribution is 2.21.